The zero-order valence-corrected chi connectivity index (χ0v) is 9.86. The summed E-state index contributed by atoms with van der Waals surface area (Å²) in [6.45, 7) is 7.22. The van der Waals surface area contributed by atoms with Crippen molar-refractivity contribution in [3.8, 4) is 0 Å². The van der Waals surface area contributed by atoms with Gasteiger partial charge in [0.15, 0.2) is 0 Å². The number of nitrogens with one attached hydrogen (secondary N) is 1. The van der Waals surface area contributed by atoms with Gasteiger partial charge in [-0.15, -0.1) is 0 Å². The van der Waals surface area contributed by atoms with Gasteiger partial charge in [0.05, 0.1) is 6.10 Å². The van der Waals surface area contributed by atoms with Crippen LogP contribution >= 0.6 is 11.8 Å². The Kier molecular flexibility index (Phi) is 9.03. The smallest absolute Gasteiger partial charge is 0.0526 e. The SMILES string of the molecule is CCSCCCNC(C)CC(C)O. The molecule has 2 N–H and O–H groups in total. The molecule has 0 aromatic heterocycles. The molecule has 0 rings (SSSR count). The van der Waals surface area contributed by atoms with Crippen molar-refractivity contribution in [3.63, 3.8) is 0 Å². The Morgan fingerprint density at radius 1 is 1.38 bits per heavy atom. The van der Waals surface area contributed by atoms with Crippen LogP contribution in [-0.4, -0.2) is 35.3 Å². The first-order valence-electron chi connectivity index (χ1n) is 5.16. The number of rotatable bonds is 8. The maximum Gasteiger partial charge on any atom is 0.0526 e. The highest BCUT2D eigenvalue weighted by atomic mass is 32.2. The fourth-order valence-corrected chi connectivity index (χ4v) is 1.90. The monoisotopic (exact) mass is 205 g/mol. The molecule has 0 aliphatic heterocycles. The van der Waals surface area contributed by atoms with Crippen molar-refractivity contribution >= 4 is 11.8 Å². The molecule has 0 radical (unpaired) electrons. The highest BCUT2D eigenvalue weighted by Crippen LogP contribution is 2.01. The normalized spacial score (nSPS) is 15.7. The fraction of sp³-hybridized carbons (Fsp3) is 1.00. The number of thioether (sulfide) groups is 1. The van der Waals surface area contributed by atoms with Gasteiger partial charge in [0.1, 0.15) is 0 Å². The summed E-state index contributed by atoms with van der Waals surface area (Å²) in [7, 11) is 0. The molecule has 0 aliphatic rings. The predicted octanol–water partition coefficient (Wildman–Crippen LogP) is 1.88. The zero-order chi connectivity index (χ0) is 10.1. The number of aliphatic hydroxyl groups is 1. The lowest BCUT2D eigenvalue weighted by Gasteiger charge is -2.14. The maximum atomic E-state index is 9.12. The lowest BCUT2D eigenvalue weighted by molar-refractivity contribution is 0.171. The van der Waals surface area contributed by atoms with Gasteiger partial charge in [0, 0.05) is 6.04 Å². The van der Waals surface area contributed by atoms with E-state index in [1.165, 1.54) is 17.9 Å². The Labute approximate surface area is 86.5 Å². The molecule has 80 valence electrons. The van der Waals surface area contributed by atoms with Gasteiger partial charge in [-0.2, -0.15) is 11.8 Å². The molecule has 0 fully saturated rings. The van der Waals surface area contributed by atoms with Gasteiger partial charge >= 0.3 is 0 Å². The molecule has 2 unspecified atom stereocenters. The Hall–Kier alpha value is 0.270. The van der Waals surface area contributed by atoms with E-state index in [1.54, 1.807) is 0 Å². The summed E-state index contributed by atoms with van der Waals surface area (Å²) in [5, 5.41) is 12.5. The number of aliphatic hydroxyl groups excluding tert-OH is 1. The van der Waals surface area contributed by atoms with Crippen molar-refractivity contribution in [1.29, 1.82) is 0 Å². The molecule has 0 bridgehead atoms. The highest BCUT2D eigenvalue weighted by molar-refractivity contribution is 7.99. The van der Waals surface area contributed by atoms with Crippen molar-refractivity contribution < 1.29 is 5.11 Å². The molecular formula is C10H23NOS. The van der Waals surface area contributed by atoms with Gasteiger partial charge in [-0.05, 0) is 44.7 Å². The van der Waals surface area contributed by atoms with Crippen molar-refractivity contribution in [2.75, 3.05) is 18.1 Å². The van der Waals surface area contributed by atoms with E-state index < -0.39 is 0 Å². The van der Waals surface area contributed by atoms with Crippen molar-refractivity contribution in [3.05, 3.63) is 0 Å². The fourth-order valence-electron chi connectivity index (χ4n) is 1.26. The molecule has 0 heterocycles. The van der Waals surface area contributed by atoms with Crippen LogP contribution < -0.4 is 5.32 Å². The molecule has 13 heavy (non-hydrogen) atoms. The molecule has 0 aromatic carbocycles. The quantitative estimate of drug-likeness (QED) is 0.593. The van der Waals surface area contributed by atoms with E-state index in [9.17, 15) is 0 Å². The topological polar surface area (TPSA) is 32.3 Å². The van der Waals surface area contributed by atoms with Gasteiger partial charge in [0.2, 0.25) is 0 Å². The molecule has 0 amide bonds. The second-order valence-electron chi connectivity index (χ2n) is 3.49. The molecular weight excluding hydrogens is 182 g/mol. The number of hydrogen-bond acceptors (Lipinski definition) is 3. The largest absolute Gasteiger partial charge is 0.393 e. The van der Waals surface area contributed by atoms with Crippen LogP contribution in [-0.2, 0) is 0 Å². The average molecular weight is 205 g/mol. The van der Waals surface area contributed by atoms with E-state index in [0.29, 0.717) is 6.04 Å². The Bertz CT molecular complexity index is 109. The van der Waals surface area contributed by atoms with Crippen LogP contribution in [0, 0.1) is 0 Å². The molecule has 0 saturated carbocycles. The van der Waals surface area contributed by atoms with E-state index >= 15 is 0 Å². The standard InChI is InChI=1S/C10H23NOS/c1-4-13-7-5-6-11-9(2)8-10(3)12/h9-12H,4-8H2,1-3H3. The summed E-state index contributed by atoms with van der Waals surface area (Å²) < 4.78 is 0. The summed E-state index contributed by atoms with van der Waals surface area (Å²) in [5.41, 5.74) is 0. The average Bonchev–Trinajstić information content (AvgIpc) is 2.02. The van der Waals surface area contributed by atoms with E-state index in [1.807, 2.05) is 18.7 Å². The van der Waals surface area contributed by atoms with Gasteiger partial charge in [-0.1, -0.05) is 6.92 Å². The van der Waals surface area contributed by atoms with E-state index in [0.717, 1.165) is 13.0 Å². The van der Waals surface area contributed by atoms with Gasteiger partial charge in [-0.25, -0.2) is 0 Å². The van der Waals surface area contributed by atoms with Crippen LogP contribution in [0.3, 0.4) is 0 Å². The summed E-state index contributed by atoms with van der Waals surface area (Å²) in [4.78, 5) is 0. The summed E-state index contributed by atoms with van der Waals surface area (Å²) in [5.74, 6) is 2.45. The lowest BCUT2D eigenvalue weighted by atomic mass is 10.1. The molecule has 0 aliphatic carbocycles. The minimum Gasteiger partial charge on any atom is -0.393 e. The first-order valence-corrected chi connectivity index (χ1v) is 6.31. The summed E-state index contributed by atoms with van der Waals surface area (Å²) in [6, 6.07) is 0.437. The Morgan fingerprint density at radius 2 is 2.08 bits per heavy atom. The van der Waals surface area contributed by atoms with E-state index in [4.69, 9.17) is 5.11 Å². The first kappa shape index (κ1) is 13.3. The van der Waals surface area contributed by atoms with Crippen molar-refractivity contribution in [2.24, 2.45) is 0 Å². The van der Waals surface area contributed by atoms with Crippen LogP contribution in [0.25, 0.3) is 0 Å². The van der Waals surface area contributed by atoms with Crippen LogP contribution in [0.2, 0.25) is 0 Å². The molecule has 0 saturated heterocycles. The first-order chi connectivity index (χ1) is 6.16. The van der Waals surface area contributed by atoms with Crippen LogP contribution in [0.1, 0.15) is 33.6 Å². The predicted molar refractivity (Wildman–Crippen MR) is 61.4 cm³/mol. The van der Waals surface area contributed by atoms with Crippen LogP contribution in [0.15, 0.2) is 0 Å². The third-order valence-electron chi connectivity index (χ3n) is 1.86. The molecule has 0 aromatic rings. The molecule has 3 heteroatoms. The second kappa shape index (κ2) is 8.85. The van der Waals surface area contributed by atoms with Gasteiger partial charge < -0.3 is 10.4 Å². The molecule has 0 spiro atoms. The highest BCUT2D eigenvalue weighted by Gasteiger charge is 2.03. The third kappa shape index (κ3) is 10.2. The summed E-state index contributed by atoms with van der Waals surface area (Å²) in [6.07, 6.45) is 1.89. The van der Waals surface area contributed by atoms with Crippen molar-refractivity contribution in [1.82, 2.24) is 5.32 Å². The molecule has 2 nitrogen and oxygen atoms in total. The maximum absolute atomic E-state index is 9.12. The second-order valence-corrected chi connectivity index (χ2v) is 4.88. The minimum absolute atomic E-state index is 0.187. The Morgan fingerprint density at radius 3 is 2.62 bits per heavy atom. The minimum atomic E-state index is -0.187. The lowest BCUT2D eigenvalue weighted by Crippen LogP contribution is -2.30. The summed E-state index contributed by atoms with van der Waals surface area (Å²) >= 11 is 1.98. The van der Waals surface area contributed by atoms with E-state index in [2.05, 4.69) is 19.2 Å². The van der Waals surface area contributed by atoms with Gasteiger partial charge in [-0.3, -0.25) is 0 Å². The molecule has 2 atom stereocenters. The van der Waals surface area contributed by atoms with E-state index in [-0.39, 0.29) is 6.10 Å². The third-order valence-corrected chi connectivity index (χ3v) is 2.84. The van der Waals surface area contributed by atoms with Gasteiger partial charge in [0.25, 0.3) is 0 Å². The van der Waals surface area contributed by atoms with Crippen molar-refractivity contribution in [2.45, 2.75) is 45.8 Å². The zero-order valence-electron chi connectivity index (χ0n) is 9.05. The number of hydrogen-bond donors (Lipinski definition) is 2. The Balaban J connectivity index is 3.12. The van der Waals surface area contributed by atoms with Crippen LogP contribution in [0.4, 0.5) is 0 Å². The van der Waals surface area contributed by atoms with Crippen LogP contribution in [0.5, 0.6) is 0 Å².